The van der Waals surface area contributed by atoms with E-state index in [1.165, 1.54) is 96.3 Å². The van der Waals surface area contributed by atoms with Crippen molar-refractivity contribution in [1.29, 1.82) is 0 Å². The smallest absolute Gasteiger partial charge is 0.246 e. The summed E-state index contributed by atoms with van der Waals surface area (Å²) in [6, 6.07) is -11.2. The van der Waals surface area contributed by atoms with Gasteiger partial charge in [-0.2, -0.15) is 6.41 Å². The molecule has 12 unspecified atom stereocenters. The first-order valence-electron chi connectivity index (χ1n) is 20.8. The van der Waals surface area contributed by atoms with Crippen LogP contribution in [0.15, 0.2) is 0 Å². The first-order chi connectivity index (χ1) is 29.1. The molecule has 22 nitrogen and oxygen atoms in total. The molecular weight excluding hydrogens is 915 g/mol. The predicted molar refractivity (Wildman–Crippen MR) is 228 cm³/mol. The number of ketones is 1. The van der Waals surface area contributed by atoms with Crippen LogP contribution in [0.25, 0.3) is 0 Å². The van der Waals surface area contributed by atoms with E-state index < -0.39 is 132 Å². The Labute approximate surface area is 401 Å². The average molecular weight is 985 g/mol. The van der Waals surface area contributed by atoms with Crippen LogP contribution in [0.2, 0.25) is 0 Å². The van der Waals surface area contributed by atoms with Crippen molar-refractivity contribution in [2.24, 2.45) is 5.92 Å². The first kappa shape index (κ1) is 61.7. The number of Topliss-reactive ketones (excluding diaryl/α,β-unsaturated/α-hetero) is 1. The van der Waals surface area contributed by atoms with Crippen LogP contribution in [-0.2, 0) is 85.4 Å². The molecule has 0 aromatic carbocycles. The van der Waals surface area contributed by atoms with Gasteiger partial charge >= 0.3 is 0 Å². The van der Waals surface area contributed by atoms with Crippen molar-refractivity contribution in [2.75, 3.05) is 28.2 Å². The standard InChI is InChI=1S/C41H69N9O13.Y/c1-15-16-17-21(2)33(55)32(37(59)46-31(29(10)53)30(54)18-19-51)50(14)41(63)28(9)49(13)40(62)25(6)45-36(58)27(8)48(12)39(61)24(5)44-34(56)22(3)43-35(57)26(7)47(11)38(60)23(4)42-20-52;/h21-29,31-33,53,55H,15-18H2,1-14H3,(H,42,52)(H,43,57)(H,44,56)(H,45,58)(H,46,59);/q-2;. The van der Waals surface area contributed by atoms with E-state index in [9.17, 15) is 63.0 Å². The summed E-state index contributed by atoms with van der Waals surface area (Å²) < 4.78 is 0. The molecule has 12 atom stereocenters. The average Bonchev–Trinajstić information content (AvgIpc) is 3.24. The van der Waals surface area contributed by atoms with Gasteiger partial charge in [-0.3, -0.25) is 49.4 Å². The molecule has 23 heteroatoms. The molecule has 0 aromatic rings. The second-order valence-corrected chi connectivity index (χ2v) is 16.1. The molecule has 361 valence electrons. The van der Waals surface area contributed by atoms with Gasteiger partial charge in [-0.1, -0.05) is 33.1 Å². The number of unbranched alkanes of at least 4 members (excludes halogenated alkanes) is 1. The van der Waals surface area contributed by atoms with Gasteiger partial charge in [-0.15, -0.1) is 0 Å². The van der Waals surface area contributed by atoms with Crippen LogP contribution in [0, 0.1) is 5.92 Å². The van der Waals surface area contributed by atoms with Gasteiger partial charge in [-0.05, 0) is 67.7 Å². The molecule has 0 aliphatic rings. The molecule has 0 saturated carbocycles. The minimum absolute atomic E-state index is 0. The van der Waals surface area contributed by atoms with Gasteiger partial charge in [0.05, 0.1) is 18.2 Å². The second-order valence-electron chi connectivity index (χ2n) is 16.1. The summed E-state index contributed by atoms with van der Waals surface area (Å²) in [5, 5.41) is 33.5. The van der Waals surface area contributed by atoms with E-state index in [1.807, 2.05) is 6.92 Å². The third-order valence-corrected chi connectivity index (χ3v) is 11.1. The van der Waals surface area contributed by atoms with Gasteiger partial charge in [0.15, 0.2) is 0 Å². The zero-order chi connectivity index (χ0) is 49.2. The zero-order valence-corrected chi connectivity index (χ0v) is 42.3. The summed E-state index contributed by atoms with van der Waals surface area (Å²) in [7, 11) is 5.16. The molecule has 0 bridgehead atoms. The molecule has 0 rings (SSSR count). The van der Waals surface area contributed by atoms with Crippen LogP contribution >= 0.6 is 0 Å². The molecule has 0 aliphatic carbocycles. The van der Waals surface area contributed by atoms with E-state index in [2.05, 4.69) is 26.6 Å². The Bertz CT molecular complexity index is 1650. The van der Waals surface area contributed by atoms with Crippen LogP contribution in [0.4, 0.5) is 0 Å². The van der Waals surface area contributed by atoms with E-state index in [0.717, 1.165) is 26.0 Å². The van der Waals surface area contributed by atoms with E-state index in [0.29, 0.717) is 12.8 Å². The van der Waals surface area contributed by atoms with Crippen molar-refractivity contribution >= 4 is 65.7 Å². The van der Waals surface area contributed by atoms with Gasteiger partial charge in [0.1, 0.15) is 54.1 Å². The number of aliphatic hydroxyl groups is 2. The van der Waals surface area contributed by atoms with E-state index in [4.69, 9.17) is 0 Å². The molecule has 0 spiro atoms. The van der Waals surface area contributed by atoms with Crippen molar-refractivity contribution in [3.8, 4) is 0 Å². The number of nitrogens with one attached hydrogen (secondary N) is 5. The number of aliphatic hydroxyl groups excluding tert-OH is 2. The fourth-order valence-corrected chi connectivity index (χ4v) is 6.24. The van der Waals surface area contributed by atoms with Gasteiger partial charge in [0.25, 0.3) is 0 Å². The van der Waals surface area contributed by atoms with Crippen LogP contribution < -0.4 is 26.6 Å². The largest absolute Gasteiger partial charge is 0.541 e. The van der Waals surface area contributed by atoms with Gasteiger partial charge in [-0.25, -0.2) is 0 Å². The summed E-state index contributed by atoms with van der Waals surface area (Å²) in [4.78, 5) is 144. The van der Waals surface area contributed by atoms with Gasteiger partial charge in [0.2, 0.25) is 47.3 Å². The quantitative estimate of drug-likeness (QED) is 0.0246. The molecule has 0 aromatic heterocycles. The van der Waals surface area contributed by atoms with Crippen LogP contribution in [0.3, 0.4) is 0 Å². The molecule has 0 saturated heterocycles. The second kappa shape index (κ2) is 29.2. The number of rotatable bonds is 27. The molecule has 1 radical (unpaired) electrons. The minimum atomic E-state index is -1.60. The Morgan fingerprint density at radius 2 is 0.969 bits per heavy atom. The maximum atomic E-state index is 13.9. The molecule has 0 fully saturated rings. The molecule has 9 amide bonds. The Morgan fingerprint density at radius 3 is 1.39 bits per heavy atom. The first-order valence-corrected chi connectivity index (χ1v) is 20.8. The maximum Gasteiger partial charge on any atom is 0.246 e. The minimum Gasteiger partial charge on any atom is -0.541 e. The van der Waals surface area contributed by atoms with Crippen molar-refractivity contribution in [3.63, 3.8) is 0 Å². The molecule has 64 heavy (non-hydrogen) atoms. The number of hydrogen-bond acceptors (Lipinski definition) is 13. The Morgan fingerprint density at radius 1 is 0.547 bits per heavy atom. The van der Waals surface area contributed by atoms with Crippen LogP contribution in [0.5, 0.6) is 0 Å². The van der Waals surface area contributed by atoms with Crippen molar-refractivity contribution in [2.45, 2.75) is 162 Å². The van der Waals surface area contributed by atoms with Crippen LogP contribution in [0.1, 0.15) is 94.9 Å². The fourth-order valence-electron chi connectivity index (χ4n) is 6.24. The monoisotopic (exact) mass is 984 g/mol. The van der Waals surface area contributed by atoms with Crippen LogP contribution in [-0.4, -0.2) is 190 Å². The Hall–Kier alpha value is -4.41. The summed E-state index contributed by atoms with van der Waals surface area (Å²) in [6.07, 6.45) is 1.16. The fraction of sp³-hybridized carbons (Fsp3) is 0.732. The number of amides is 9. The summed E-state index contributed by atoms with van der Waals surface area (Å²) in [5.41, 5.74) is 0. The number of carbonyl (C=O) groups is 9. The van der Waals surface area contributed by atoms with Crippen molar-refractivity contribution in [1.82, 2.24) is 46.2 Å². The Balaban J connectivity index is 0. The zero-order valence-electron chi connectivity index (χ0n) is 39.5. The van der Waals surface area contributed by atoms with Gasteiger partial charge in [0, 0.05) is 60.9 Å². The summed E-state index contributed by atoms with van der Waals surface area (Å²) in [5.74, 6) is -7.38. The summed E-state index contributed by atoms with van der Waals surface area (Å²) >= 11 is 0. The molecular formula is C41H69N9O13Y-2. The Kier molecular flexibility index (Phi) is 28.1. The molecule has 7 N–H and O–H groups in total. The molecule has 0 aliphatic heterocycles. The van der Waals surface area contributed by atoms with E-state index in [1.54, 1.807) is 6.92 Å². The number of carbonyl (C=O) groups excluding carboxylic acids is 11. The normalized spacial score (nSPS) is 16.5. The maximum absolute atomic E-state index is 13.9. The van der Waals surface area contributed by atoms with Gasteiger partial charge < -0.3 is 66.0 Å². The van der Waals surface area contributed by atoms with E-state index >= 15 is 0 Å². The SMILES string of the molecule is CCCCC(C)C(O)C(C(=O)NC(C(=O)C[C-]=O)C(C)O)N(C)C(=O)C(C)N(C)C(=O)C(C)NC(=O)C(C)N(C)C(=O)C(C)NC(=O)C(C)NC(=O)C(C)N(C)C(=O)C(C)N[C-]=O.[Y]. The molecule has 0 heterocycles. The number of likely N-dealkylation sites (N-methyl/N-ethyl adjacent to an activating group) is 4. The van der Waals surface area contributed by atoms with Crippen molar-refractivity contribution in [3.05, 3.63) is 0 Å². The summed E-state index contributed by atoms with van der Waals surface area (Å²) in [6.45, 7) is 14.5. The third kappa shape index (κ3) is 17.9. The van der Waals surface area contributed by atoms with E-state index in [-0.39, 0.29) is 32.7 Å². The van der Waals surface area contributed by atoms with Crippen molar-refractivity contribution < 1.29 is 95.7 Å². The third-order valence-electron chi connectivity index (χ3n) is 11.1. The predicted octanol–water partition coefficient (Wildman–Crippen LogP) is -2.97. The number of nitrogens with zero attached hydrogens (tertiary/aromatic N) is 4. The topological polar surface area (TPSA) is 301 Å². The number of hydrogen-bond donors (Lipinski definition) is 7.